The average molecular weight is 431 g/mol. The van der Waals surface area contributed by atoms with Crippen LogP contribution in [0.2, 0.25) is 0 Å². The summed E-state index contributed by atoms with van der Waals surface area (Å²) in [7, 11) is -3.68. The Kier molecular flexibility index (Phi) is 7.61. The Bertz CT molecular complexity index is 989. The molecular weight excluding hydrogens is 400 g/mol. The summed E-state index contributed by atoms with van der Waals surface area (Å²) in [6.45, 7) is 13.9. The SMILES string of the molecule is C=CCN(Cc1cnc(S(=O)(=O)Cc2ccccc2)n1CC=C)C(=O)NC(C)(C)C. The second kappa shape index (κ2) is 9.75. The van der Waals surface area contributed by atoms with Crippen molar-refractivity contribution in [1.29, 1.82) is 0 Å². The Morgan fingerprint density at radius 2 is 1.87 bits per heavy atom. The van der Waals surface area contributed by atoms with E-state index in [9.17, 15) is 13.2 Å². The number of urea groups is 1. The van der Waals surface area contributed by atoms with Gasteiger partial charge >= 0.3 is 6.03 Å². The highest BCUT2D eigenvalue weighted by atomic mass is 32.2. The number of benzene rings is 1. The van der Waals surface area contributed by atoms with Gasteiger partial charge in [0.1, 0.15) is 0 Å². The van der Waals surface area contributed by atoms with Crippen LogP contribution in [0.15, 0.2) is 67.0 Å². The van der Waals surface area contributed by atoms with E-state index in [0.717, 1.165) is 0 Å². The van der Waals surface area contributed by atoms with Crippen LogP contribution in [0.4, 0.5) is 4.79 Å². The van der Waals surface area contributed by atoms with Gasteiger partial charge in [0, 0.05) is 18.6 Å². The number of nitrogens with zero attached hydrogens (tertiary/aromatic N) is 3. The van der Waals surface area contributed by atoms with Gasteiger partial charge in [0.25, 0.3) is 0 Å². The summed E-state index contributed by atoms with van der Waals surface area (Å²) in [5, 5.41) is 2.89. The van der Waals surface area contributed by atoms with Crippen LogP contribution in [0.5, 0.6) is 0 Å². The monoisotopic (exact) mass is 430 g/mol. The van der Waals surface area contributed by atoms with E-state index < -0.39 is 15.4 Å². The first-order valence-corrected chi connectivity index (χ1v) is 11.3. The zero-order chi connectivity index (χ0) is 22.4. The van der Waals surface area contributed by atoms with Crippen LogP contribution >= 0.6 is 0 Å². The predicted octanol–water partition coefficient (Wildman–Crippen LogP) is 3.54. The molecule has 0 atom stereocenters. The highest BCUT2D eigenvalue weighted by Crippen LogP contribution is 2.19. The van der Waals surface area contributed by atoms with E-state index in [-0.39, 0.29) is 30.0 Å². The lowest BCUT2D eigenvalue weighted by Crippen LogP contribution is -2.48. The molecule has 0 bridgehead atoms. The molecule has 0 aliphatic carbocycles. The number of carbonyl (C=O) groups excluding carboxylic acids is 1. The predicted molar refractivity (Wildman–Crippen MR) is 119 cm³/mol. The molecule has 30 heavy (non-hydrogen) atoms. The minimum Gasteiger partial charge on any atom is -0.333 e. The molecule has 2 amide bonds. The molecule has 7 nitrogen and oxygen atoms in total. The van der Waals surface area contributed by atoms with Crippen molar-refractivity contribution in [3.05, 3.63) is 73.1 Å². The Labute approximate surface area is 179 Å². The number of carbonyl (C=O) groups is 1. The number of sulfone groups is 1. The van der Waals surface area contributed by atoms with Crippen molar-refractivity contribution in [2.45, 2.75) is 50.3 Å². The number of hydrogen-bond acceptors (Lipinski definition) is 4. The summed E-state index contributed by atoms with van der Waals surface area (Å²) in [4.78, 5) is 18.4. The minimum atomic E-state index is -3.68. The van der Waals surface area contributed by atoms with Crippen LogP contribution in [0, 0.1) is 0 Å². The molecule has 1 aromatic carbocycles. The zero-order valence-corrected chi connectivity index (χ0v) is 18.7. The number of aromatic nitrogens is 2. The topological polar surface area (TPSA) is 84.3 Å². The van der Waals surface area contributed by atoms with Gasteiger partial charge in [0.05, 0.1) is 24.2 Å². The van der Waals surface area contributed by atoms with Crippen LogP contribution in [0.3, 0.4) is 0 Å². The van der Waals surface area contributed by atoms with Gasteiger partial charge in [0.2, 0.25) is 15.0 Å². The molecule has 8 heteroatoms. The number of amides is 2. The van der Waals surface area contributed by atoms with E-state index >= 15 is 0 Å². The lowest BCUT2D eigenvalue weighted by molar-refractivity contribution is 0.190. The van der Waals surface area contributed by atoms with Gasteiger partial charge in [0.15, 0.2) is 0 Å². The Balaban J connectivity index is 2.35. The summed E-state index contributed by atoms with van der Waals surface area (Å²) in [5.74, 6) is -0.150. The van der Waals surface area contributed by atoms with Crippen molar-refractivity contribution in [2.24, 2.45) is 0 Å². The molecule has 1 heterocycles. The van der Waals surface area contributed by atoms with E-state index in [2.05, 4.69) is 23.5 Å². The van der Waals surface area contributed by atoms with Crippen LogP contribution < -0.4 is 5.32 Å². The summed E-state index contributed by atoms with van der Waals surface area (Å²) >= 11 is 0. The van der Waals surface area contributed by atoms with Crippen molar-refractivity contribution < 1.29 is 13.2 Å². The highest BCUT2D eigenvalue weighted by Gasteiger charge is 2.26. The fraction of sp³-hybridized carbons (Fsp3) is 0.364. The van der Waals surface area contributed by atoms with Crippen molar-refractivity contribution in [2.75, 3.05) is 6.54 Å². The molecule has 0 unspecified atom stereocenters. The van der Waals surface area contributed by atoms with Crippen LogP contribution in [0.25, 0.3) is 0 Å². The smallest absolute Gasteiger partial charge is 0.318 e. The third-order valence-corrected chi connectivity index (χ3v) is 5.76. The molecular formula is C22H30N4O3S. The summed E-state index contributed by atoms with van der Waals surface area (Å²) in [5.41, 5.74) is 0.889. The lowest BCUT2D eigenvalue weighted by Gasteiger charge is -2.28. The van der Waals surface area contributed by atoms with Crippen LogP contribution in [-0.2, 0) is 28.7 Å². The maximum Gasteiger partial charge on any atom is 0.318 e. The summed E-state index contributed by atoms with van der Waals surface area (Å²) in [6.07, 6.45) is 4.74. The number of nitrogens with one attached hydrogen (secondary N) is 1. The van der Waals surface area contributed by atoms with Crippen molar-refractivity contribution in [3.63, 3.8) is 0 Å². The van der Waals surface area contributed by atoms with Crippen molar-refractivity contribution >= 4 is 15.9 Å². The third-order valence-electron chi connectivity index (χ3n) is 4.16. The molecule has 1 N–H and O–H groups in total. The minimum absolute atomic E-state index is 0.0314. The van der Waals surface area contributed by atoms with E-state index in [4.69, 9.17) is 0 Å². The van der Waals surface area contributed by atoms with Gasteiger partial charge in [-0.3, -0.25) is 0 Å². The third kappa shape index (κ3) is 6.32. The highest BCUT2D eigenvalue weighted by molar-refractivity contribution is 7.90. The van der Waals surface area contributed by atoms with Crippen molar-refractivity contribution in [1.82, 2.24) is 19.8 Å². The van der Waals surface area contributed by atoms with Gasteiger partial charge in [-0.05, 0) is 26.3 Å². The van der Waals surface area contributed by atoms with E-state index in [0.29, 0.717) is 17.8 Å². The fourth-order valence-corrected chi connectivity index (χ4v) is 4.42. The Morgan fingerprint density at radius 3 is 2.43 bits per heavy atom. The normalized spacial score (nSPS) is 11.7. The quantitative estimate of drug-likeness (QED) is 0.617. The van der Waals surface area contributed by atoms with Crippen LogP contribution in [0.1, 0.15) is 32.0 Å². The Morgan fingerprint density at radius 1 is 1.20 bits per heavy atom. The second-order valence-electron chi connectivity index (χ2n) is 8.03. The molecule has 0 aliphatic heterocycles. The first kappa shape index (κ1) is 23.4. The largest absolute Gasteiger partial charge is 0.333 e. The molecule has 2 aromatic rings. The van der Waals surface area contributed by atoms with Crippen LogP contribution in [-0.4, -0.2) is 41.0 Å². The van der Waals surface area contributed by atoms with Gasteiger partial charge in [-0.2, -0.15) is 0 Å². The standard InChI is InChI=1S/C22H30N4O3S/c1-6-13-25(20(27)24-22(3,4)5)16-19-15-23-21(26(19)14-7-2)30(28,29)17-18-11-9-8-10-12-18/h6-12,15H,1-2,13-14,16-17H2,3-5H3,(H,24,27). The Hall–Kier alpha value is -2.87. The maximum atomic E-state index is 13.0. The van der Waals surface area contributed by atoms with Gasteiger partial charge < -0.3 is 14.8 Å². The van der Waals surface area contributed by atoms with E-state index in [1.165, 1.54) is 6.20 Å². The second-order valence-corrected chi connectivity index (χ2v) is 9.91. The lowest BCUT2D eigenvalue weighted by atomic mass is 10.1. The van der Waals surface area contributed by atoms with Gasteiger partial charge in [-0.25, -0.2) is 18.2 Å². The summed E-state index contributed by atoms with van der Waals surface area (Å²) < 4.78 is 27.6. The number of hydrogen-bond donors (Lipinski definition) is 1. The fourth-order valence-electron chi connectivity index (χ4n) is 2.92. The van der Waals surface area contributed by atoms with E-state index in [1.807, 2.05) is 26.8 Å². The number of allylic oxidation sites excluding steroid dienone is 1. The maximum absolute atomic E-state index is 13.0. The van der Waals surface area contributed by atoms with Crippen molar-refractivity contribution in [3.8, 4) is 0 Å². The molecule has 1 aromatic heterocycles. The molecule has 0 saturated carbocycles. The average Bonchev–Trinajstić information content (AvgIpc) is 3.04. The zero-order valence-electron chi connectivity index (χ0n) is 17.8. The molecule has 0 fully saturated rings. The van der Waals surface area contributed by atoms with Gasteiger partial charge in [-0.1, -0.05) is 42.5 Å². The molecule has 0 spiro atoms. The molecule has 0 saturated heterocycles. The first-order valence-electron chi connectivity index (χ1n) is 9.67. The molecule has 0 radical (unpaired) electrons. The number of rotatable bonds is 9. The first-order chi connectivity index (χ1) is 14.1. The molecule has 0 aliphatic rings. The summed E-state index contributed by atoms with van der Waals surface area (Å²) in [6, 6.07) is 8.71. The molecule has 2 rings (SSSR count). The molecule has 162 valence electrons. The van der Waals surface area contributed by atoms with Gasteiger partial charge in [-0.15, -0.1) is 13.2 Å². The van der Waals surface area contributed by atoms with E-state index in [1.54, 1.807) is 45.9 Å². The number of imidazole rings is 1.